The van der Waals surface area contributed by atoms with Crippen LogP contribution in [0.2, 0.25) is 0 Å². The maximum Gasteiger partial charge on any atom is 0.321 e. The van der Waals surface area contributed by atoms with Crippen molar-refractivity contribution < 1.29 is 4.79 Å². The van der Waals surface area contributed by atoms with E-state index in [1.54, 1.807) is 0 Å². The lowest BCUT2D eigenvalue weighted by Gasteiger charge is -2.34. The largest absolute Gasteiger partial charge is 0.322 e. The molecule has 1 aromatic rings. The first-order chi connectivity index (χ1) is 9.10. The number of aryl methyl sites for hydroxylation is 1. The van der Waals surface area contributed by atoms with Crippen molar-refractivity contribution in [3.8, 4) is 0 Å². The van der Waals surface area contributed by atoms with Crippen LogP contribution in [0.5, 0.6) is 0 Å². The van der Waals surface area contributed by atoms with E-state index in [2.05, 4.69) is 33.1 Å². The number of nitrogens with one attached hydrogen (secondary N) is 1. The van der Waals surface area contributed by atoms with Gasteiger partial charge in [-0.25, -0.2) is 4.79 Å². The molecule has 0 radical (unpaired) electrons. The molecule has 0 spiro atoms. The standard InChI is InChI=1S/C14H20BrN3O/c1-3-17-6-8-18(9-7-17)14(19)16-13-5-4-12(15)10-11(13)2/h4-5,10H,3,6-9H2,1-2H3,(H,16,19). The molecule has 0 bridgehead atoms. The molecule has 0 saturated carbocycles. The Morgan fingerprint density at radius 3 is 2.58 bits per heavy atom. The number of carbonyl (C=O) groups excluding carboxylic acids is 1. The molecule has 1 fully saturated rings. The number of benzene rings is 1. The molecule has 0 aliphatic carbocycles. The van der Waals surface area contributed by atoms with Crippen LogP contribution in [0.25, 0.3) is 0 Å². The molecule has 5 heteroatoms. The second kappa shape index (κ2) is 6.39. The molecule has 104 valence electrons. The van der Waals surface area contributed by atoms with Crippen LogP contribution >= 0.6 is 15.9 Å². The molecule has 2 rings (SSSR count). The van der Waals surface area contributed by atoms with Crippen molar-refractivity contribution >= 4 is 27.6 Å². The molecular formula is C14H20BrN3O. The number of piperazine rings is 1. The average molecular weight is 326 g/mol. The summed E-state index contributed by atoms with van der Waals surface area (Å²) in [7, 11) is 0. The van der Waals surface area contributed by atoms with Gasteiger partial charge in [0.15, 0.2) is 0 Å². The molecule has 19 heavy (non-hydrogen) atoms. The Morgan fingerprint density at radius 2 is 2.00 bits per heavy atom. The third-order valence-electron chi connectivity index (χ3n) is 3.54. The molecule has 1 aromatic carbocycles. The van der Waals surface area contributed by atoms with Gasteiger partial charge in [-0.2, -0.15) is 0 Å². The van der Waals surface area contributed by atoms with Crippen molar-refractivity contribution in [2.24, 2.45) is 0 Å². The summed E-state index contributed by atoms with van der Waals surface area (Å²) in [6.45, 7) is 8.73. The minimum atomic E-state index is 0.00109. The summed E-state index contributed by atoms with van der Waals surface area (Å²) in [4.78, 5) is 16.4. The van der Waals surface area contributed by atoms with Crippen molar-refractivity contribution in [1.29, 1.82) is 0 Å². The molecule has 1 aliphatic heterocycles. The van der Waals surface area contributed by atoms with Gasteiger partial charge in [0, 0.05) is 36.3 Å². The number of hydrogen-bond donors (Lipinski definition) is 1. The monoisotopic (exact) mass is 325 g/mol. The van der Waals surface area contributed by atoms with Crippen molar-refractivity contribution in [1.82, 2.24) is 9.80 Å². The second-order valence-electron chi connectivity index (χ2n) is 4.81. The first-order valence-electron chi connectivity index (χ1n) is 6.64. The minimum absolute atomic E-state index is 0.00109. The number of halogens is 1. The number of carbonyl (C=O) groups is 1. The highest BCUT2D eigenvalue weighted by atomic mass is 79.9. The first-order valence-corrected chi connectivity index (χ1v) is 7.44. The summed E-state index contributed by atoms with van der Waals surface area (Å²) >= 11 is 3.42. The van der Waals surface area contributed by atoms with Crippen molar-refractivity contribution in [3.05, 3.63) is 28.2 Å². The van der Waals surface area contributed by atoms with Crippen molar-refractivity contribution in [2.75, 3.05) is 38.0 Å². The number of hydrogen-bond acceptors (Lipinski definition) is 2. The number of amides is 2. The molecular weight excluding hydrogens is 306 g/mol. The molecule has 1 heterocycles. The summed E-state index contributed by atoms with van der Waals surface area (Å²) in [5.41, 5.74) is 1.95. The lowest BCUT2D eigenvalue weighted by Crippen LogP contribution is -2.49. The van der Waals surface area contributed by atoms with Crippen LogP contribution in [-0.2, 0) is 0 Å². The van der Waals surface area contributed by atoms with Gasteiger partial charge < -0.3 is 15.1 Å². The summed E-state index contributed by atoms with van der Waals surface area (Å²) in [5.74, 6) is 0. The Morgan fingerprint density at radius 1 is 1.32 bits per heavy atom. The average Bonchev–Trinajstić information content (AvgIpc) is 2.42. The van der Waals surface area contributed by atoms with Crippen LogP contribution in [0.15, 0.2) is 22.7 Å². The first kappa shape index (κ1) is 14.3. The van der Waals surface area contributed by atoms with Gasteiger partial charge in [0.2, 0.25) is 0 Å². The van der Waals surface area contributed by atoms with Gasteiger partial charge in [-0.3, -0.25) is 0 Å². The third kappa shape index (κ3) is 3.70. The van der Waals surface area contributed by atoms with E-state index in [0.29, 0.717) is 0 Å². The SMILES string of the molecule is CCN1CCN(C(=O)Nc2ccc(Br)cc2C)CC1. The Kier molecular flexibility index (Phi) is 4.82. The predicted octanol–water partition coefficient (Wildman–Crippen LogP) is 2.93. The zero-order valence-electron chi connectivity index (χ0n) is 11.4. The van der Waals surface area contributed by atoms with Gasteiger partial charge >= 0.3 is 6.03 Å². The Bertz CT molecular complexity index is 456. The molecule has 2 amide bonds. The summed E-state index contributed by atoms with van der Waals surface area (Å²) < 4.78 is 1.03. The fourth-order valence-electron chi connectivity index (χ4n) is 2.23. The number of rotatable bonds is 2. The number of urea groups is 1. The minimum Gasteiger partial charge on any atom is -0.322 e. The van der Waals surface area contributed by atoms with E-state index in [0.717, 1.165) is 48.4 Å². The van der Waals surface area contributed by atoms with E-state index in [4.69, 9.17) is 0 Å². The summed E-state index contributed by atoms with van der Waals surface area (Å²) in [6.07, 6.45) is 0. The highest BCUT2D eigenvalue weighted by molar-refractivity contribution is 9.10. The van der Waals surface area contributed by atoms with E-state index in [1.165, 1.54) is 0 Å². The Balaban J connectivity index is 1.94. The highest BCUT2D eigenvalue weighted by Gasteiger charge is 2.20. The van der Waals surface area contributed by atoms with E-state index in [9.17, 15) is 4.79 Å². The Labute approximate surface area is 122 Å². The van der Waals surface area contributed by atoms with E-state index >= 15 is 0 Å². The van der Waals surface area contributed by atoms with Gasteiger partial charge in [0.05, 0.1) is 0 Å². The van der Waals surface area contributed by atoms with Crippen molar-refractivity contribution in [3.63, 3.8) is 0 Å². The third-order valence-corrected chi connectivity index (χ3v) is 4.03. The maximum atomic E-state index is 12.2. The van der Waals surface area contributed by atoms with Crippen LogP contribution in [0.4, 0.5) is 10.5 Å². The smallest absolute Gasteiger partial charge is 0.321 e. The van der Waals surface area contributed by atoms with Crippen LogP contribution < -0.4 is 5.32 Å². The molecule has 1 saturated heterocycles. The number of likely N-dealkylation sites (N-methyl/N-ethyl adjacent to an activating group) is 1. The quantitative estimate of drug-likeness (QED) is 0.907. The molecule has 1 N–H and O–H groups in total. The molecule has 4 nitrogen and oxygen atoms in total. The fraction of sp³-hybridized carbons (Fsp3) is 0.500. The highest BCUT2D eigenvalue weighted by Crippen LogP contribution is 2.20. The van der Waals surface area contributed by atoms with Gasteiger partial charge in [-0.05, 0) is 37.2 Å². The zero-order valence-corrected chi connectivity index (χ0v) is 13.0. The topological polar surface area (TPSA) is 35.6 Å². The fourth-order valence-corrected chi connectivity index (χ4v) is 2.70. The summed E-state index contributed by atoms with van der Waals surface area (Å²) in [5, 5.41) is 2.99. The van der Waals surface area contributed by atoms with Crippen LogP contribution in [0.1, 0.15) is 12.5 Å². The van der Waals surface area contributed by atoms with E-state index in [-0.39, 0.29) is 6.03 Å². The van der Waals surface area contributed by atoms with E-state index in [1.807, 2.05) is 30.0 Å². The zero-order chi connectivity index (χ0) is 13.8. The second-order valence-corrected chi connectivity index (χ2v) is 5.73. The molecule has 0 unspecified atom stereocenters. The van der Waals surface area contributed by atoms with Gasteiger partial charge in [-0.15, -0.1) is 0 Å². The lowest BCUT2D eigenvalue weighted by atomic mass is 10.2. The molecule has 1 aliphatic rings. The lowest BCUT2D eigenvalue weighted by molar-refractivity contribution is 0.151. The van der Waals surface area contributed by atoms with Crippen LogP contribution in [0.3, 0.4) is 0 Å². The molecule has 0 atom stereocenters. The maximum absolute atomic E-state index is 12.2. The number of nitrogens with zero attached hydrogens (tertiary/aromatic N) is 2. The van der Waals surface area contributed by atoms with Crippen LogP contribution in [0, 0.1) is 6.92 Å². The Hall–Kier alpha value is -1.07. The van der Waals surface area contributed by atoms with E-state index < -0.39 is 0 Å². The predicted molar refractivity (Wildman–Crippen MR) is 81.6 cm³/mol. The van der Waals surface area contributed by atoms with Gasteiger partial charge in [0.25, 0.3) is 0 Å². The van der Waals surface area contributed by atoms with Crippen molar-refractivity contribution in [2.45, 2.75) is 13.8 Å². The molecule has 0 aromatic heterocycles. The van der Waals surface area contributed by atoms with Crippen LogP contribution in [-0.4, -0.2) is 48.6 Å². The number of anilines is 1. The normalized spacial score (nSPS) is 16.5. The summed E-state index contributed by atoms with van der Waals surface area (Å²) in [6, 6.07) is 5.88. The van der Waals surface area contributed by atoms with Gasteiger partial charge in [0.1, 0.15) is 0 Å². The van der Waals surface area contributed by atoms with Gasteiger partial charge in [-0.1, -0.05) is 22.9 Å².